The fourth-order valence-corrected chi connectivity index (χ4v) is 1.03. The van der Waals surface area contributed by atoms with E-state index in [2.05, 4.69) is 9.91 Å². The summed E-state index contributed by atoms with van der Waals surface area (Å²) in [6.45, 7) is 3.38. The molecule has 1 unspecified atom stereocenters. The van der Waals surface area contributed by atoms with Gasteiger partial charge in [-0.2, -0.15) is 4.91 Å². The van der Waals surface area contributed by atoms with Gasteiger partial charge >= 0.3 is 5.97 Å². The van der Waals surface area contributed by atoms with Crippen molar-refractivity contribution in [1.82, 2.24) is 0 Å². The van der Waals surface area contributed by atoms with E-state index in [4.69, 9.17) is 11.6 Å². The standard InChI is InChI=1S/C8H14ClNO3/c1-8(2,9)6(10-12)4-5-7(11)13-3/h6H,4-5H2,1-3H3. The molecule has 76 valence electrons. The molecule has 0 spiro atoms. The number of rotatable bonds is 5. The number of halogens is 1. The summed E-state index contributed by atoms with van der Waals surface area (Å²) in [5.41, 5.74) is 0. The molecule has 0 aliphatic heterocycles. The smallest absolute Gasteiger partial charge is 0.305 e. The average Bonchev–Trinajstić information content (AvgIpc) is 2.02. The lowest BCUT2D eigenvalue weighted by atomic mass is 9.99. The van der Waals surface area contributed by atoms with Crippen molar-refractivity contribution in [3.63, 3.8) is 0 Å². The Kier molecular flexibility index (Phi) is 4.91. The Bertz CT molecular complexity index is 188. The summed E-state index contributed by atoms with van der Waals surface area (Å²) in [4.78, 5) is 20.4. The lowest BCUT2D eigenvalue weighted by Crippen LogP contribution is -2.29. The zero-order chi connectivity index (χ0) is 10.5. The maximum atomic E-state index is 10.8. The predicted molar refractivity (Wildman–Crippen MR) is 50.8 cm³/mol. The van der Waals surface area contributed by atoms with E-state index in [0.29, 0.717) is 6.42 Å². The third-order valence-corrected chi connectivity index (χ3v) is 2.02. The number of hydrogen-bond acceptors (Lipinski definition) is 4. The van der Waals surface area contributed by atoms with E-state index >= 15 is 0 Å². The number of ether oxygens (including phenoxy) is 1. The summed E-state index contributed by atoms with van der Waals surface area (Å²) < 4.78 is 4.43. The van der Waals surface area contributed by atoms with Crippen LogP contribution in [0.5, 0.6) is 0 Å². The summed E-state index contributed by atoms with van der Waals surface area (Å²) in [6, 6.07) is -0.562. The first-order valence-corrected chi connectivity index (χ1v) is 4.37. The second-order valence-electron chi connectivity index (χ2n) is 3.30. The zero-order valence-corrected chi connectivity index (χ0v) is 8.80. The number of nitroso groups, excluding NO2 is 1. The second kappa shape index (κ2) is 5.17. The van der Waals surface area contributed by atoms with Gasteiger partial charge < -0.3 is 4.74 Å². The molecule has 0 amide bonds. The number of carbonyl (C=O) groups is 1. The van der Waals surface area contributed by atoms with Crippen molar-refractivity contribution < 1.29 is 9.53 Å². The highest BCUT2D eigenvalue weighted by Crippen LogP contribution is 2.24. The molecule has 0 rings (SSSR count). The van der Waals surface area contributed by atoms with Gasteiger partial charge in [0.05, 0.1) is 12.0 Å². The van der Waals surface area contributed by atoms with Crippen molar-refractivity contribution >= 4 is 17.6 Å². The lowest BCUT2D eigenvalue weighted by Gasteiger charge is -2.21. The molecule has 0 aromatic rings. The van der Waals surface area contributed by atoms with Gasteiger partial charge in [-0.15, -0.1) is 11.6 Å². The molecule has 0 fully saturated rings. The van der Waals surface area contributed by atoms with Crippen molar-refractivity contribution in [2.24, 2.45) is 5.18 Å². The minimum absolute atomic E-state index is 0.170. The summed E-state index contributed by atoms with van der Waals surface area (Å²) in [5, 5.41) is 2.88. The van der Waals surface area contributed by atoms with Gasteiger partial charge in [0.2, 0.25) is 0 Å². The van der Waals surface area contributed by atoms with Gasteiger partial charge in [0, 0.05) is 6.42 Å². The number of alkyl halides is 1. The fourth-order valence-electron chi connectivity index (χ4n) is 0.878. The van der Waals surface area contributed by atoms with Gasteiger partial charge in [-0.1, -0.05) is 5.18 Å². The van der Waals surface area contributed by atoms with Crippen molar-refractivity contribution in [3.8, 4) is 0 Å². The van der Waals surface area contributed by atoms with Crippen molar-refractivity contribution in [3.05, 3.63) is 4.91 Å². The van der Waals surface area contributed by atoms with E-state index in [1.54, 1.807) is 13.8 Å². The molecule has 0 saturated carbocycles. The van der Waals surface area contributed by atoms with Crippen LogP contribution in [0.3, 0.4) is 0 Å². The Hall–Kier alpha value is -0.640. The predicted octanol–water partition coefficient (Wildman–Crippen LogP) is 2.09. The minimum atomic E-state index is -0.713. The summed E-state index contributed by atoms with van der Waals surface area (Å²) in [6.07, 6.45) is 0.496. The van der Waals surface area contributed by atoms with Crippen LogP contribution in [0.4, 0.5) is 0 Å². The van der Waals surface area contributed by atoms with Crippen LogP contribution in [0.2, 0.25) is 0 Å². The molecule has 0 N–H and O–H groups in total. The van der Waals surface area contributed by atoms with Crippen molar-refractivity contribution in [1.29, 1.82) is 0 Å². The molecule has 1 atom stereocenters. The SMILES string of the molecule is COC(=O)CCC(N=O)C(C)(C)Cl. The lowest BCUT2D eigenvalue weighted by molar-refractivity contribution is -0.140. The van der Waals surface area contributed by atoms with Gasteiger partial charge in [0.25, 0.3) is 0 Å². The first kappa shape index (κ1) is 12.4. The zero-order valence-electron chi connectivity index (χ0n) is 8.04. The molecule has 4 nitrogen and oxygen atoms in total. The monoisotopic (exact) mass is 207 g/mol. The Labute approximate surface area is 82.6 Å². The maximum Gasteiger partial charge on any atom is 0.305 e. The highest BCUT2D eigenvalue weighted by atomic mass is 35.5. The Morgan fingerprint density at radius 2 is 2.15 bits per heavy atom. The highest BCUT2D eigenvalue weighted by molar-refractivity contribution is 6.23. The third-order valence-electron chi connectivity index (χ3n) is 1.77. The number of carbonyl (C=O) groups excluding carboxylic acids is 1. The molecule has 13 heavy (non-hydrogen) atoms. The van der Waals surface area contributed by atoms with Gasteiger partial charge in [-0.25, -0.2) is 0 Å². The van der Waals surface area contributed by atoms with E-state index in [-0.39, 0.29) is 12.4 Å². The summed E-state index contributed by atoms with van der Waals surface area (Å²) in [5.74, 6) is -0.352. The van der Waals surface area contributed by atoms with Crippen LogP contribution in [0.1, 0.15) is 26.7 Å². The van der Waals surface area contributed by atoms with Gasteiger partial charge in [-0.3, -0.25) is 4.79 Å². The molecule has 0 aromatic heterocycles. The van der Waals surface area contributed by atoms with Crippen LogP contribution in [-0.4, -0.2) is 24.0 Å². The van der Waals surface area contributed by atoms with E-state index < -0.39 is 10.9 Å². The van der Waals surface area contributed by atoms with Gasteiger partial charge in [0.15, 0.2) is 0 Å². The van der Waals surface area contributed by atoms with E-state index in [9.17, 15) is 9.70 Å². The van der Waals surface area contributed by atoms with Crippen LogP contribution in [0.15, 0.2) is 5.18 Å². The molecule has 0 saturated heterocycles. The molecule has 0 heterocycles. The number of hydrogen-bond donors (Lipinski definition) is 0. The van der Waals surface area contributed by atoms with E-state index in [1.165, 1.54) is 7.11 Å². The Morgan fingerprint density at radius 3 is 2.46 bits per heavy atom. The topological polar surface area (TPSA) is 55.7 Å². The average molecular weight is 208 g/mol. The van der Waals surface area contributed by atoms with Crippen LogP contribution >= 0.6 is 11.6 Å². The first-order chi connectivity index (χ1) is 5.91. The number of nitrogens with zero attached hydrogens (tertiary/aromatic N) is 1. The van der Waals surface area contributed by atoms with Crippen LogP contribution in [0, 0.1) is 4.91 Å². The summed E-state index contributed by atoms with van der Waals surface area (Å²) in [7, 11) is 1.30. The molecular formula is C8H14ClNO3. The highest BCUT2D eigenvalue weighted by Gasteiger charge is 2.28. The van der Waals surface area contributed by atoms with E-state index in [0.717, 1.165) is 0 Å². The molecule has 0 aliphatic carbocycles. The molecule has 0 aliphatic rings. The maximum absolute atomic E-state index is 10.8. The molecule has 0 aromatic carbocycles. The molecular weight excluding hydrogens is 194 g/mol. The minimum Gasteiger partial charge on any atom is -0.469 e. The van der Waals surface area contributed by atoms with Crippen LogP contribution < -0.4 is 0 Å². The van der Waals surface area contributed by atoms with Crippen molar-refractivity contribution in [2.45, 2.75) is 37.6 Å². The van der Waals surface area contributed by atoms with Crippen LogP contribution in [-0.2, 0) is 9.53 Å². The number of methoxy groups -OCH3 is 1. The normalized spacial score (nSPS) is 13.5. The van der Waals surface area contributed by atoms with Crippen molar-refractivity contribution in [2.75, 3.05) is 7.11 Å². The Morgan fingerprint density at radius 1 is 1.62 bits per heavy atom. The quantitative estimate of drug-likeness (QED) is 0.394. The summed E-state index contributed by atoms with van der Waals surface area (Å²) >= 11 is 5.88. The fraction of sp³-hybridized carbons (Fsp3) is 0.875. The van der Waals surface area contributed by atoms with Crippen LogP contribution in [0.25, 0.3) is 0 Å². The molecule has 0 bridgehead atoms. The van der Waals surface area contributed by atoms with Gasteiger partial charge in [-0.05, 0) is 20.3 Å². The Balaban J connectivity index is 4.01. The molecule has 5 heteroatoms. The second-order valence-corrected chi connectivity index (χ2v) is 4.27. The van der Waals surface area contributed by atoms with E-state index in [1.807, 2.05) is 0 Å². The molecule has 0 radical (unpaired) electrons. The van der Waals surface area contributed by atoms with Gasteiger partial charge in [0.1, 0.15) is 6.04 Å². The first-order valence-electron chi connectivity index (χ1n) is 4.00. The largest absolute Gasteiger partial charge is 0.469 e. The number of esters is 1. The third kappa shape index (κ3) is 4.83.